The van der Waals surface area contributed by atoms with Gasteiger partial charge in [0.1, 0.15) is 5.25 Å². The average Bonchev–Trinajstić information content (AvgIpc) is 2.74. The molecule has 0 aromatic heterocycles. The molecule has 0 N–H and O–H groups in total. The summed E-state index contributed by atoms with van der Waals surface area (Å²) in [5.74, 6) is -1.15. The van der Waals surface area contributed by atoms with Crippen molar-refractivity contribution in [2.75, 3.05) is 0 Å². The molecule has 152 valence electrons. The predicted octanol–water partition coefficient (Wildman–Crippen LogP) is 4.38. The maximum atomic E-state index is 13.8. The van der Waals surface area contributed by atoms with E-state index in [2.05, 4.69) is 0 Å². The van der Waals surface area contributed by atoms with Crippen LogP contribution in [-0.2, 0) is 9.84 Å². The summed E-state index contributed by atoms with van der Waals surface area (Å²) >= 11 is 0. The van der Waals surface area contributed by atoms with Crippen molar-refractivity contribution in [3.05, 3.63) is 110 Å². The van der Waals surface area contributed by atoms with E-state index in [0.717, 1.165) is 33.4 Å². The number of sulfone groups is 1. The van der Waals surface area contributed by atoms with Crippen molar-refractivity contribution >= 4 is 9.84 Å². The Balaban J connectivity index is 1.87. The molecule has 0 amide bonds. The number of aryl methyl sites for hydroxylation is 2. The van der Waals surface area contributed by atoms with Crippen LogP contribution in [0.15, 0.2) is 71.6 Å². The summed E-state index contributed by atoms with van der Waals surface area (Å²) in [4.78, 5) is 12.2. The van der Waals surface area contributed by atoms with Gasteiger partial charge in [0.15, 0.2) is 9.84 Å². The van der Waals surface area contributed by atoms with E-state index < -0.39 is 33.0 Å². The van der Waals surface area contributed by atoms with Crippen LogP contribution >= 0.6 is 0 Å². The third-order valence-corrected chi connectivity index (χ3v) is 8.88. The van der Waals surface area contributed by atoms with Gasteiger partial charge < -0.3 is 0 Å². The minimum atomic E-state index is -3.94. The fourth-order valence-electron chi connectivity index (χ4n) is 5.56. The Morgan fingerprint density at radius 2 is 1.30 bits per heavy atom. The van der Waals surface area contributed by atoms with E-state index >= 15 is 0 Å². The zero-order valence-corrected chi connectivity index (χ0v) is 17.5. The van der Waals surface area contributed by atoms with Gasteiger partial charge in [-0.1, -0.05) is 54.6 Å². The summed E-state index contributed by atoms with van der Waals surface area (Å²) in [6.45, 7) is 3.91. The van der Waals surface area contributed by atoms with Crippen LogP contribution in [-0.4, -0.2) is 24.6 Å². The topological polar surface area (TPSA) is 77.3 Å². The lowest BCUT2D eigenvalue weighted by atomic mass is 9.59. The summed E-state index contributed by atoms with van der Waals surface area (Å²) < 4.78 is 27.6. The van der Waals surface area contributed by atoms with Gasteiger partial charge in [-0.15, -0.1) is 0 Å². The number of nitrogens with zero attached hydrogens (tertiary/aromatic N) is 1. The predicted molar refractivity (Wildman–Crippen MR) is 114 cm³/mol. The standard InChI is InChI=1S/C24H21NO4S/c1-14-8-7-13-18-19(14)21-17-12-6-9-15(2)20(17)22(18)24(23(21)25(26)27)30(28,29)16-10-4-3-5-11-16/h3-13,21-24H,1-2H3/t21-,22-,23?,24?/m0/s1. The maximum absolute atomic E-state index is 13.8. The van der Waals surface area contributed by atoms with E-state index in [1.165, 1.54) is 12.1 Å². The molecule has 6 heteroatoms. The maximum Gasteiger partial charge on any atom is 0.241 e. The fraction of sp³-hybridized carbons (Fsp3) is 0.250. The van der Waals surface area contributed by atoms with Crippen LogP contribution in [0.5, 0.6) is 0 Å². The zero-order valence-electron chi connectivity index (χ0n) is 16.6. The molecule has 2 bridgehead atoms. The Morgan fingerprint density at radius 1 is 0.767 bits per heavy atom. The van der Waals surface area contributed by atoms with Gasteiger partial charge in [0.25, 0.3) is 0 Å². The highest BCUT2D eigenvalue weighted by Gasteiger charge is 2.61. The first-order chi connectivity index (χ1) is 14.3. The van der Waals surface area contributed by atoms with Gasteiger partial charge in [-0.2, -0.15) is 0 Å². The lowest BCUT2D eigenvalue weighted by Gasteiger charge is -2.47. The third-order valence-electron chi connectivity index (χ3n) is 6.69. The molecule has 3 aliphatic rings. The Labute approximate surface area is 175 Å². The Bertz CT molecular complexity index is 1280. The van der Waals surface area contributed by atoms with E-state index in [1.807, 2.05) is 50.2 Å². The van der Waals surface area contributed by atoms with Crippen molar-refractivity contribution in [2.45, 2.75) is 41.9 Å². The molecule has 0 aliphatic heterocycles. The number of fused-ring (bicyclic) bond motifs is 1. The molecule has 30 heavy (non-hydrogen) atoms. The van der Waals surface area contributed by atoms with Crippen molar-refractivity contribution in [3.8, 4) is 0 Å². The van der Waals surface area contributed by atoms with Gasteiger partial charge in [0.05, 0.1) is 10.8 Å². The Kier molecular flexibility index (Phi) is 4.12. The average molecular weight is 420 g/mol. The van der Waals surface area contributed by atoms with Gasteiger partial charge in [-0.25, -0.2) is 8.42 Å². The molecule has 0 heterocycles. The first-order valence-electron chi connectivity index (χ1n) is 9.95. The molecule has 6 rings (SSSR count). The number of rotatable bonds is 3. The molecular formula is C24H21NO4S. The molecule has 4 atom stereocenters. The summed E-state index contributed by atoms with van der Waals surface area (Å²) in [6.07, 6.45) is 0. The van der Waals surface area contributed by atoms with Crippen molar-refractivity contribution in [3.63, 3.8) is 0 Å². The smallest absolute Gasteiger partial charge is 0.241 e. The molecule has 3 aromatic carbocycles. The number of nitro groups is 1. The second-order valence-corrected chi connectivity index (χ2v) is 10.3. The van der Waals surface area contributed by atoms with Crippen LogP contribution in [0.1, 0.15) is 45.2 Å². The highest BCUT2D eigenvalue weighted by Crippen LogP contribution is 2.57. The van der Waals surface area contributed by atoms with Crippen molar-refractivity contribution in [1.82, 2.24) is 0 Å². The van der Waals surface area contributed by atoms with E-state index in [0.29, 0.717) is 0 Å². The summed E-state index contributed by atoms with van der Waals surface area (Å²) in [5, 5.41) is 11.2. The second-order valence-electron chi connectivity index (χ2n) is 8.21. The molecule has 0 saturated carbocycles. The van der Waals surface area contributed by atoms with Crippen LogP contribution < -0.4 is 0 Å². The Hall–Kier alpha value is -2.99. The highest BCUT2D eigenvalue weighted by atomic mass is 32.2. The van der Waals surface area contributed by atoms with Crippen LogP contribution in [0.25, 0.3) is 0 Å². The first kappa shape index (κ1) is 19.0. The summed E-state index contributed by atoms with van der Waals surface area (Å²) in [6, 6.07) is 18.5. The number of hydrogen-bond donors (Lipinski definition) is 0. The van der Waals surface area contributed by atoms with Crippen molar-refractivity contribution < 1.29 is 13.3 Å². The summed E-state index contributed by atoms with van der Waals surface area (Å²) in [5.41, 5.74) is 5.60. The Morgan fingerprint density at radius 3 is 1.87 bits per heavy atom. The van der Waals surface area contributed by atoms with Gasteiger partial charge in [0.2, 0.25) is 6.04 Å². The second kappa shape index (κ2) is 6.51. The van der Waals surface area contributed by atoms with E-state index in [4.69, 9.17) is 0 Å². The quantitative estimate of drug-likeness (QED) is 0.466. The molecule has 5 nitrogen and oxygen atoms in total. The van der Waals surface area contributed by atoms with E-state index in [-0.39, 0.29) is 9.82 Å². The molecule has 2 unspecified atom stereocenters. The minimum Gasteiger partial charge on any atom is -0.264 e. The van der Waals surface area contributed by atoms with Crippen molar-refractivity contribution in [2.24, 2.45) is 0 Å². The lowest BCUT2D eigenvalue weighted by Crippen LogP contribution is -2.54. The van der Waals surface area contributed by atoms with Gasteiger partial charge in [-0.05, 0) is 59.4 Å². The largest absolute Gasteiger partial charge is 0.264 e. The number of benzene rings is 3. The van der Waals surface area contributed by atoms with Crippen LogP contribution in [0.4, 0.5) is 0 Å². The monoisotopic (exact) mass is 419 g/mol. The summed E-state index contributed by atoms with van der Waals surface area (Å²) in [7, 11) is -3.94. The van der Waals surface area contributed by atoms with Gasteiger partial charge >= 0.3 is 0 Å². The highest BCUT2D eigenvalue weighted by molar-refractivity contribution is 7.92. The van der Waals surface area contributed by atoms with Crippen LogP contribution in [0.3, 0.4) is 0 Å². The fourth-order valence-corrected chi connectivity index (χ4v) is 7.68. The van der Waals surface area contributed by atoms with Gasteiger partial charge in [0, 0.05) is 10.8 Å². The third kappa shape index (κ3) is 2.43. The van der Waals surface area contributed by atoms with Crippen LogP contribution in [0.2, 0.25) is 0 Å². The molecular weight excluding hydrogens is 398 g/mol. The SMILES string of the molecule is Cc1cccc2c1[C@@H]1c3cccc(C)c3[C@H]2C(S(=O)(=O)c2ccccc2)C1[N+](=O)[O-]. The first-order valence-corrected chi connectivity index (χ1v) is 11.5. The molecule has 3 aliphatic carbocycles. The molecule has 0 spiro atoms. The van der Waals surface area contributed by atoms with E-state index in [9.17, 15) is 18.5 Å². The molecule has 3 aromatic rings. The normalized spacial score (nSPS) is 24.2. The van der Waals surface area contributed by atoms with Crippen LogP contribution in [0, 0.1) is 24.0 Å². The zero-order chi connectivity index (χ0) is 21.2. The molecule has 0 fully saturated rings. The van der Waals surface area contributed by atoms with Gasteiger partial charge in [-0.3, -0.25) is 10.1 Å². The number of hydrogen-bond acceptors (Lipinski definition) is 4. The molecule has 0 radical (unpaired) electrons. The van der Waals surface area contributed by atoms with Crippen molar-refractivity contribution in [1.29, 1.82) is 0 Å². The van der Waals surface area contributed by atoms with E-state index in [1.54, 1.807) is 18.2 Å². The minimum absolute atomic E-state index is 0.138. The lowest BCUT2D eigenvalue weighted by molar-refractivity contribution is -0.526. The molecule has 0 saturated heterocycles.